The topological polar surface area (TPSA) is 74.0 Å². The molecular formula is C23H19BrF3N5O2. The molecule has 2 aromatic heterocycles. The molecule has 0 spiro atoms. The Bertz CT molecular complexity index is 1300. The number of anilines is 1. The van der Waals surface area contributed by atoms with Crippen molar-refractivity contribution in [2.75, 3.05) is 5.32 Å². The summed E-state index contributed by atoms with van der Waals surface area (Å²) in [4.78, 5) is 12.6. The molecule has 0 radical (unpaired) electrons. The Kier molecular flexibility index (Phi) is 6.73. The van der Waals surface area contributed by atoms with Crippen molar-refractivity contribution >= 4 is 27.7 Å². The van der Waals surface area contributed by atoms with Gasteiger partial charge in [0.2, 0.25) is 0 Å². The summed E-state index contributed by atoms with van der Waals surface area (Å²) in [5.74, 6) is 0.465. The molecule has 0 aliphatic heterocycles. The standard InChI is InChI=1S/C23H19BrF3N5O2/c1-15-11-21(30-32(15)13-16-3-2-4-17(12-16)23(25,26)27)28-22(33)20-9-10-31(29-20)14-34-19-7-5-18(24)6-8-19/h2-12H,13-14H2,1H3,(H,28,30,33). The van der Waals surface area contributed by atoms with Crippen molar-refractivity contribution in [3.05, 3.63) is 93.8 Å². The lowest BCUT2D eigenvalue weighted by atomic mass is 10.1. The van der Waals surface area contributed by atoms with Gasteiger partial charge in [0.25, 0.3) is 5.91 Å². The predicted octanol–water partition coefficient (Wildman–Crippen LogP) is 5.51. The first-order chi connectivity index (χ1) is 16.2. The van der Waals surface area contributed by atoms with E-state index in [2.05, 4.69) is 31.4 Å². The molecule has 0 saturated heterocycles. The van der Waals surface area contributed by atoms with Crippen molar-refractivity contribution in [3.63, 3.8) is 0 Å². The lowest BCUT2D eigenvalue weighted by Gasteiger charge is -2.09. The second kappa shape index (κ2) is 9.72. The van der Waals surface area contributed by atoms with E-state index in [1.54, 1.807) is 43.5 Å². The summed E-state index contributed by atoms with van der Waals surface area (Å²) in [6.07, 6.45) is -2.80. The smallest absolute Gasteiger partial charge is 0.416 e. The Labute approximate surface area is 201 Å². The number of ether oxygens (including phenoxy) is 1. The highest BCUT2D eigenvalue weighted by atomic mass is 79.9. The zero-order chi connectivity index (χ0) is 24.3. The summed E-state index contributed by atoms with van der Waals surface area (Å²) in [5, 5.41) is 11.2. The van der Waals surface area contributed by atoms with Crippen LogP contribution < -0.4 is 10.1 Å². The molecule has 4 aromatic rings. The maximum atomic E-state index is 13.0. The molecule has 0 unspecified atom stereocenters. The van der Waals surface area contributed by atoms with Gasteiger partial charge in [-0.05, 0) is 55.0 Å². The normalized spacial score (nSPS) is 11.4. The molecule has 1 N–H and O–H groups in total. The number of nitrogens with one attached hydrogen (secondary N) is 1. The largest absolute Gasteiger partial charge is 0.471 e. The summed E-state index contributed by atoms with van der Waals surface area (Å²) in [5.41, 5.74) is 0.581. The summed E-state index contributed by atoms with van der Waals surface area (Å²) in [7, 11) is 0. The summed E-state index contributed by atoms with van der Waals surface area (Å²) < 4.78 is 48.4. The van der Waals surface area contributed by atoms with Crippen LogP contribution in [0.4, 0.5) is 19.0 Å². The number of benzene rings is 2. The molecule has 0 atom stereocenters. The minimum atomic E-state index is -4.42. The molecule has 0 aliphatic carbocycles. The van der Waals surface area contributed by atoms with Crippen molar-refractivity contribution in [3.8, 4) is 5.75 Å². The molecule has 0 saturated carbocycles. The average Bonchev–Trinajstić information content (AvgIpc) is 3.40. The second-order valence-corrected chi connectivity index (χ2v) is 8.36. The van der Waals surface area contributed by atoms with Crippen LogP contribution in [0.1, 0.15) is 27.3 Å². The fraction of sp³-hybridized carbons (Fsp3) is 0.174. The van der Waals surface area contributed by atoms with Crippen LogP contribution in [0.5, 0.6) is 5.75 Å². The monoisotopic (exact) mass is 533 g/mol. The maximum absolute atomic E-state index is 13.0. The van der Waals surface area contributed by atoms with Gasteiger partial charge in [0.05, 0.1) is 12.1 Å². The number of nitrogens with zero attached hydrogens (tertiary/aromatic N) is 4. The number of hydrogen-bond donors (Lipinski definition) is 1. The van der Waals surface area contributed by atoms with Crippen LogP contribution in [0, 0.1) is 6.92 Å². The summed E-state index contributed by atoms with van der Waals surface area (Å²) >= 11 is 3.35. The first-order valence-electron chi connectivity index (χ1n) is 10.1. The van der Waals surface area contributed by atoms with Crippen LogP contribution in [0.15, 0.2) is 71.3 Å². The number of amides is 1. The highest BCUT2D eigenvalue weighted by molar-refractivity contribution is 9.10. The molecule has 34 heavy (non-hydrogen) atoms. The molecular weight excluding hydrogens is 515 g/mol. The van der Waals surface area contributed by atoms with Gasteiger partial charge in [-0.2, -0.15) is 23.4 Å². The third kappa shape index (κ3) is 5.84. The number of carbonyl (C=O) groups excluding carboxylic acids is 1. The Hall–Kier alpha value is -3.60. The molecule has 2 aromatic carbocycles. The molecule has 7 nitrogen and oxygen atoms in total. The van der Waals surface area contributed by atoms with Crippen LogP contribution in [-0.2, 0) is 19.5 Å². The Morgan fingerprint density at radius 1 is 1.09 bits per heavy atom. The molecule has 176 valence electrons. The van der Waals surface area contributed by atoms with Crippen molar-refractivity contribution in [1.29, 1.82) is 0 Å². The number of aromatic nitrogens is 4. The van der Waals surface area contributed by atoms with Crippen LogP contribution in [0.3, 0.4) is 0 Å². The Balaban J connectivity index is 1.38. The van der Waals surface area contributed by atoms with E-state index < -0.39 is 17.6 Å². The Morgan fingerprint density at radius 2 is 1.85 bits per heavy atom. The van der Waals surface area contributed by atoms with Gasteiger partial charge in [0, 0.05) is 22.4 Å². The van der Waals surface area contributed by atoms with Crippen LogP contribution in [-0.4, -0.2) is 25.5 Å². The van der Waals surface area contributed by atoms with E-state index in [4.69, 9.17) is 4.74 Å². The number of halogens is 4. The summed E-state index contributed by atoms with van der Waals surface area (Å²) in [6.45, 7) is 2.01. The van der Waals surface area contributed by atoms with Crippen molar-refractivity contribution < 1.29 is 22.7 Å². The SMILES string of the molecule is Cc1cc(NC(=O)c2ccn(COc3ccc(Br)cc3)n2)nn1Cc1cccc(C(F)(F)F)c1. The van der Waals surface area contributed by atoms with Gasteiger partial charge in [-0.3, -0.25) is 9.48 Å². The molecule has 11 heteroatoms. The highest BCUT2D eigenvalue weighted by Gasteiger charge is 2.30. The predicted molar refractivity (Wildman–Crippen MR) is 122 cm³/mol. The first kappa shape index (κ1) is 23.6. The minimum absolute atomic E-state index is 0.125. The van der Waals surface area contributed by atoms with E-state index in [1.165, 1.54) is 15.4 Å². The second-order valence-electron chi connectivity index (χ2n) is 7.45. The number of aryl methyl sites for hydroxylation is 1. The first-order valence-corrected chi connectivity index (χ1v) is 10.9. The zero-order valence-corrected chi connectivity index (χ0v) is 19.5. The third-order valence-corrected chi connectivity index (χ3v) is 5.39. The van der Waals surface area contributed by atoms with Gasteiger partial charge in [-0.15, -0.1) is 0 Å². The molecule has 1 amide bonds. The van der Waals surface area contributed by atoms with E-state index in [9.17, 15) is 18.0 Å². The van der Waals surface area contributed by atoms with Crippen LogP contribution in [0.2, 0.25) is 0 Å². The number of carbonyl (C=O) groups is 1. The fourth-order valence-corrected chi connectivity index (χ4v) is 3.42. The van der Waals surface area contributed by atoms with Crippen molar-refractivity contribution in [2.45, 2.75) is 26.4 Å². The molecule has 0 aliphatic rings. The van der Waals surface area contributed by atoms with Crippen LogP contribution in [0.25, 0.3) is 0 Å². The molecule has 0 fully saturated rings. The van der Waals surface area contributed by atoms with E-state index >= 15 is 0 Å². The average molecular weight is 534 g/mol. The lowest BCUT2D eigenvalue weighted by molar-refractivity contribution is -0.137. The minimum Gasteiger partial charge on any atom is -0.471 e. The maximum Gasteiger partial charge on any atom is 0.416 e. The molecule has 0 bridgehead atoms. The van der Waals surface area contributed by atoms with Gasteiger partial charge in [-0.25, -0.2) is 4.68 Å². The number of hydrogen-bond acceptors (Lipinski definition) is 4. The Morgan fingerprint density at radius 3 is 2.59 bits per heavy atom. The fourth-order valence-electron chi connectivity index (χ4n) is 3.16. The van der Waals surface area contributed by atoms with Gasteiger partial charge >= 0.3 is 6.18 Å². The van der Waals surface area contributed by atoms with Gasteiger partial charge in [-0.1, -0.05) is 28.1 Å². The van der Waals surface area contributed by atoms with E-state index in [0.717, 1.165) is 16.6 Å². The number of rotatable bonds is 7. The van der Waals surface area contributed by atoms with E-state index in [-0.39, 0.29) is 24.8 Å². The van der Waals surface area contributed by atoms with Crippen LogP contribution >= 0.6 is 15.9 Å². The summed E-state index contributed by atoms with van der Waals surface area (Å²) in [6, 6.07) is 15.6. The van der Waals surface area contributed by atoms with Gasteiger partial charge < -0.3 is 10.1 Å². The van der Waals surface area contributed by atoms with E-state index in [1.807, 2.05) is 12.1 Å². The third-order valence-electron chi connectivity index (χ3n) is 4.86. The molecule has 2 heterocycles. The lowest BCUT2D eigenvalue weighted by Crippen LogP contribution is -2.15. The van der Waals surface area contributed by atoms with E-state index in [0.29, 0.717) is 17.0 Å². The highest BCUT2D eigenvalue weighted by Crippen LogP contribution is 2.29. The zero-order valence-electron chi connectivity index (χ0n) is 17.9. The quantitative estimate of drug-likeness (QED) is 0.340. The van der Waals surface area contributed by atoms with Crippen molar-refractivity contribution in [2.24, 2.45) is 0 Å². The van der Waals surface area contributed by atoms with Crippen molar-refractivity contribution in [1.82, 2.24) is 19.6 Å². The van der Waals surface area contributed by atoms with Gasteiger partial charge in [0.15, 0.2) is 18.2 Å². The van der Waals surface area contributed by atoms with Gasteiger partial charge in [0.1, 0.15) is 5.75 Å². The molecule has 4 rings (SSSR count). The number of alkyl halides is 3.